The van der Waals surface area contributed by atoms with Gasteiger partial charge in [0.05, 0.1) is 10.2 Å². The number of rotatable bonds is 5. The number of hydrogen-bond acceptors (Lipinski definition) is 5. The van der Waals surface area contributed by atoms with Crippen molar-refractivity contribution >= 4 is 39.2 Å². The first-order valence-corrected chi connectivity index (χ1v) is 7.09. The minimum atomic E-state index is -0.608. The maximum absolute atomic E-state index is 13.8. The van der Waals surface area contributed by atoms with Crippen molar-refractivity contribution in [1.29, 1.82) is 0 Å². The van der Waals surface area contributed by atoms with Crippen LogP contribution in [0.5, 0.6) is 0 Å². The molecule has 0 fully saturated rings. The molecule has 112 valence electrons. The van der Waals surface area contributed by atoms with E-state index in [1.165, 1.54) is 0 Å². The lowest BCUT2D eigenvalue weighted by Crippen LogP contribution is -2.07. The Labute approximate surface area is 129 Å². The average Bonchev–Trinajstić information content (AvgIpc) is 2.42. The standard InChI is InChI=1S/C13H14BrF2N5/c1-2-3-18-11-6-12(21-13(17)20-11)19-10-5-8(15)7(14)4-9(10)16/h4-6H,2-3H2,1H3,(H4,17,18,19,20,21). The predicted octanol–water partition coefficient (Wildman–Crippen LogP) is 3.67. The highest BCUT2D eigenvalue weighted by molar-refractivity contribution is 9.10. The predicted molar refractivity (Wildman–Crippen MR) is 82.6 cm³/mol. The van der Waals surface area contributed by atoms with Crippen molar-refractivity contribution in [2.75, 3.05) is 22.9 Å². The van der Waals surface area contributed by atoms with Crippen LogP contribution in [0, 0.1) is 11.6 Å². The molecule has 0 unspecified atom stereocenters. The lowest BCUT2D eigenvalue weighted by atomic mass is 10.3. The van der Waals surface area contributed by atoms with Gasteiger partial charge in [-0.15, -0.1) is 0 Å². The third kappa shape index (κ3) is 4.01. The summed E-state index contributed by atoms with van der Waals surface area (Å²) in [5.41, 5.74) is 5.57. The van der Waals surface area contributed by atoms with Gasteiger partial charge in [0.1, 0.15) is 23.3 Å². The quantitative estimate of drug-likeness (QED) is 0.711. The largest absolute Gasteiger partial charge is 0.370 e. The maximum Gasteiger partial charge on any atom is 0.223 e. The second-order valence-electron chi connectivity index (χ2n) is 4.29. The zero-order chi connectivity index (χ0) is 15.4. The van der Waals surface area contributed by atoms with Crippen LogP contribution < -0.4 is 16.4 Å². The molecule has 2 rings (SSSR count). The van der Waals surface area contributed by atoms with E-state index in [-0.39, 0.29) is 21.9 Å². The van der Waals surface area contributed by atoms with E-state index >= 15 is 0 Å². The van der Waals surface area contributed by atoms with Gasteiger partial charge in [0.25, 0.3) is 0 Å². The van der Waals surface area contributed by atoms with E-state index in [9.17, 15) is 8.78 Å². The summed E-state index contributed by atoms with van der Waals surface area (Å²) in [7, 11) is 0. The fraction of sp³-hybridized carbons (Fsp3) is 0.231. The molecule has 0 saturated heterocycles. The van der Waals surface area contributed by atoms with Gasteiger partial charge in [-0.25, -0.2) is 8.78 Å². The van der Waals surface area contributed by atoms with Crippen LogP contribution >= 0.6 is 15.9 Å². The SMILES string of the molecule is CCCNc1cc(Nc2cc(F)c(Br)cc2F)nc(N)n1. The third-order valence-electron chi connectivity index (χ3n) is 2.57. The van der Waals surface area contributed by atoms with Crippen LogP contribution in [-0.4, -0.2) is 16.5 Å². The molecule has 1 heterocycles. The van der Waals surface area contributed by atoms with Crippen LogP contribution in [0.3, 0.4) is 0 Å². The average molecular weight is 358 g/mol. The molecule has 5 nitrogen and oxygen atoms in total. The lowest BCUT2D eigenvalue weighted by Gasteiger charge is -2.10. The number of anilines is 4. The minimum Gasteiger partial charge on any atom is -0.370 e. The van der Waals surface area contributed by atoms with Crippen molar-refractivity contribution in [2.45, 2.75) is 13.3 Å². The smallest absolute Gasteiger partial charge is 0.223 e. The van der Waals surface area contributed by atoms with Gasteiger partial charge in [-0.05, 0) is 28.4 Å². The number of nitrogens with zero attached hydrogens (tertiary/aromatic N) is 2. The number of nitrogens with two attached hydrogens (primary N) is 1. The second kappa shape index (κ2) is 6.66. The highest BCUT2D eigenvalue weighted by Gasteiger charge is 2.10. The molecule has 4 N–H and O–H groups in total. The lowest BCUT2D eigenvalue weighted by molar-refractivity contribution is 0.598. The Balaban J connectivity index is 2.27. The maximum atomic E-state index is 13.8. The second-order valence-corrected chi connectivity index (χ2v) is 5.15. The molecular formula is C13H14BrF2N5. The van der Waals surface area contributed by atoms with Gasteiger partial charge in [0.2, 0.25) is 5.95 Å². The molecule has 0 aliphatic heterocycles. The Bertz CT molecular complexity index is 651. The Morgan fingerprint density at radius 2 is 1.86 bits per heavy atom. The van der Waals surface area contributed by atoms with Crippen LogP contribution in [0.15, 0.2) is 22.7 Å². The number of aromatic nitrogens is 2. The van der Waals surface area contributed by atoms with E-state index in [1.54, 1.807) is 6.07 Å². The summed E-state index contributed by atoms with van der Waals surface area (Å²) < 4.78 is 27.3. The van der Waals surface area contributed by atoms with Crippen molar-refractivity contribution in [1.82, 2.24) is 9.97 Å². The molecule has 1 aromatic heterocycles. The van der Waals surface area contributed by atoms with Gasteiger partial charge in [-0.1, -0.05) is 6.92 Å². The van der Waals surface area contributed by atoms with E-state index in [2.05, 4.69) is 36.5 Å². The van der Waals surface area contributed by atoms with Gasteiger partial charge >= 0.3 is 0 Å². The van der Waals surface area contributed by atoms with Crippen molar-refractivity contribution in [3.63, 3.8) is 0 Å². The van der Waals surface area contributed by atoms with Crippen LogP contribution in [0.1, 0.15) is 13.3 Å². The highest BCUT2D eigenvalue weighted by atomic mass is 79.9. The van der Waals surface area contributed by atoms with Crippen molar-refractivity contribution in [3.8, 4) is 0 Å². The van der Waals surface area contributed by atoms with Crippen molar-refractivity contribution < 1.29 is 8.78 Å². The normalized spacial score (nSPS) is 10.5. The molecule has 0 aliphatic rings. The van der Waals surface area contributed by atoms with Gasteiger partial charge in [-0.2, -0.15) is 9.97 Å². The van der Waals surface area contributed by atoms with Gasteiger partial charge in [0.15, 0.2) is 0 Å². The van der Waals surface area contributed by atoms with E-state index in [0.29, 0.717) is 5.82 Å². The Hall–Kier alpha value is -1.96. The molecule has 1 aromatic carbocycles. The summed E-state index contributed by atoms with van der Waals surface area (Å²) >= 11 is 2.92. The zero-order valence-electron chi connectivity index (χ0n) is 11.3. The van der Waals surface area contributed by atoms with E-state index in [1.807, 2.05) is 6.92 Å². The summed E-state index contributed by atoms with van der Waals surface area (Å²) in [5.74, 6) is -0.350. The molecule has 0 bridgehead atoms. The summed E-state index contributed by atoms with van der Waals surface area (Å²) in [4.78, 5) is 7.95. The molecular weight excluding hydrogens is 344 g/mol. The Morgan fingerprint density at radius 1 is 1.14 bits per heavy atom. The number of hydrogen-bond donors (Lipinski definition) is 3. The Morgan fingerprint density at radius 3 is 2.57 bits per heavy atom. The van der Waals surface area contributed by atoms with Crippen LogP contribution in [0.25, 0.3) is 0 Å². The zero-order valence-corrected chi connectivity index (χ0v) is 12.8. The number of halogens is 3. The number of nitrogen functional groups attached to an aromatic ring is 1. The van der Waals surface area contributed by atoms with Gasteiger partial charge < -0.3 is 16.4 Å². The molecule has 0 saturated carbocycles. The summed E-state index contributed by atoms with van der Waals surface area (Å²) in [5, 5.41) is 5.74. The number of benzene rings is 1. The van der Waals surface area contributed by atoms with Gasteiger partial charge in [0, 0.05) is 18.7 Å². The van der Waals surface area contributed by atoms with Crippen molar-refractivity contribution in [3.05, 3.63) is 34.3 Å². The summed E-state index contributed by atoms with van der Waals surface area (Å²) in [6, 6.07) is 3.65. The third-order valence-corrected chi connectivity index (χ3v) is 3.18. The van der Waals surface area contributed by atoms with Crippen LogP contribution in [0.4, 0.5) is 32.1 Å². The molecule has 0 spiro atoms. The monoisotopic (exact) mass is 357 g/mol. The molecule has 0 aliphatic carbocycles. The summed E-state index contributed by atoms with van der Waals surface area (Å²) in [6.07, 6.45) is 0.916. The minimum absolute atomic E-state index is 0.0322. The molecule has 0 amide bonds. The van der Waals surface area contributed by atoms with E-state index in [0.717, 1.165) is 25.1 Å². The molecule has 8 heteroatoms. The highest BCUT2D eigenvalue weighted by Crippen LogP contribution is 2.26. The van der Waals surface area contributed by atoms with Crippen LogP contribution in [0.2, 0.25) is 0 Å². The topological polar surface area (TPSA) is 75.9 Å². The van der Waals surface area contributed by atoms with E-state index in [4.69, 9.17) is 5.73 Å². The Kier molecular flexibility index (Phi) is 4.89. The first-order chi connectivity index (χ1) is 9.99. The first kappa shape index (κ1) is 15.4. The molecule has 2 aromatic rings. The molecule has 21 heavy (non-hydrogen) atoms. The number of nitrogens with one attached hydrogen (secondary N) is 2. The molecule has 0 radical (unpaired) electrons. The fourth-order valence-corrected chi connectivity index (χ4v) is 1.95. The van der Waals surface area contributed by atoms with Crippen LogP contribution in [-0.2, 0) is 0 Å². The summed E-state index contributed by atoms with van der Waals surface area (Å²) in [6.45, 7) is 2.73. The first-order valence-electron chi connectivity index (χ1n) is 6.29. The van der Waals surface area contributed by atoms with Crippen molar-refractivity contribution in [2.24, 2.45) is 0 Å². The molecule has 0 atom stereocenters. The van der Waals surface area contributed by atoms with Gasteiger partial charge in [-0.3, -0.25) is 0 Å². The van der Waals surface area contributed by atoms with E-state index < -0.39 is 11.6 Å². The fourth-order valence-electron chi connectivity index (χ4n) is 1.63.